The van der Waals surface area contributed by atoms with Gasteiger partial charge in [0.25, 0.3) is 5.56 Å². The molecule has 33 heavy (non-hydrogen) atoms. The maximum absolute atomic E-state index is 14.0. The Balaban J connectivity index is 1.76. The molecule has 0 unspecified atom stereocenters. The van der Waals surface area contributed by atoms with Crippen molar-refractivity contribution in [2.45, 2.75) is 0 Å². The van der Waals surface area contributed by atoms with Crippen molar-refractivity contribution in [2.75, 3.05) is 0 Å². The summed E-state index contributed by atoms with van der Waals surface area (Å²) >= 11 is 0. The van der Waals surface area contributed by atoms with E-state index in [1.807, 2.05) is 28.7 Å². The lowest BCUT2D eigenvalue weighted by Gasteiger charge is -2.18. The van der Waals surface area contributed by atoms with Gasteiger partial charge in [0.05, 0.1) is 16.4 Å². The molecule has 0 spiro atoms. The van der Waals surface area contributed by atoms with E-state index in [4.69, 9.17) is 4.98 Å². The number of aromatic nitrogens is 2. The molecular weight excluding hydrogens is 404 g/mol. The second-order valence-electron chi connectivity index (χ2n) is 9.10. The molecule has 0 aliphatic carbocycles. The van der Waals surface area contributed by atoms with Crippen LogP contribution in [0.4, 0.5) is 0 Å². The van der Waals surface area contributed by atoms with Gasteiger partial charge in [-0.2, -0.15) is 0 Å². The molecule has 3 heteroatoms. The first-order chi connectivity index (χ1) is 16.3. The number of hydrogen-bond donors (Lipinski definition) is 0. The van der Waals surface area contributed by atoms with Gasteiger partial charge >= 0.3 is 0 Å². The number of para-hydroxylation sites is 2. The van der Waals surface area contributed by atoms with Gasteiger partial charge in [0, 0.05) is 5.39 Å². The Morgan fingerprint density at radius 3 is 1.85 bits per heavy atom. The molecule has 0 saturated heterocycles. The molecule has 0 aliphatic rings. The highest BCUT2D eigenvalue weighted by molar-refractivity contribution is 6.45. The minimum atomic E-state index is 0.0198. The molecule has 0 bridgehead atoms. The van der Waals surface area contributed by atoms with Gasteiger partial charge < -0.3 is 0 Å². The summed E-state index contributed by atoms with van der Waals surface area (Å²) in [7, 11) is 0. The zero-order chi connectivity index (χ0) is 21.4. The van der Waals surface area contributed by atoms with Crippen LogP contribution < -0.4 is 5.56 Å². The summed E-state index contributed by atoms with van der Waals surface area (Å²) in [4.78, 5) is 18.9. The first-order valence-corrected chi connectivity index (χ1v) is 11.2. The van der Waals surface area contributed by atoms with Crippen LogP contribution in [-0.2, 0) is 0 Å². The molecule has 2 heterocycles. The van der Waals surface area contributed by atoms with Crippen molar-refractivity contribution in [1.29, 1.82) is 0 Å². The van der Waals surface area contributed by atoms with Crippen LogP contribution in [0.25, 0.3) is 81.3 Å². The molecule has 0 aliphatic heterocycles. The fourth-order valence-corrected chi connectivity index (χ4v) is 6.38. The third-order valence-corrected chi connectivity index (χ3v) is 7.62. The zero-order valence-electron chi connectivity index (χ0n) is 17.4. The molecule has 0 fully saturated rings. The Labute approximate surface area is 186 Å². The van der Waals surface area contributed by atoms with E-state index >= 15 is 0 Å². The van der Waals surface area contributed by atoms with Gasteiger partial charge in [0.2, 0.25) is 0 Å². The molecule has 150 valence electrons. The first-order valence-electron chi connectivity index (χ1n) is 11.2. The molecule has 0 atom stereocenters. The number of rotatable bonds is 0. The Morgan fingerprint density at radius 1 is 0.515 bits per heavy atom. The van der Waals surface area contributed by atoms with Crippen molar-refractivity contribution in [2.24, 2.45) is 0 Å². The highest BCUT2D eigenvalue weighted by Gasteiger charge is 2.25. The monoisotopic (exact) mass is 418 g/mol. The summed E-state index contributed by atoms with van der Waals surface area (Å²) in [5, 5.41) is 13.8. The summed E-state index contributed by atoms with van der Waals surface area (Å²) < 4.78 is 1.81. The fourth-order valence-electron chi connectivity index (χ4n) is 6.38. The topological polar surface area (TPSA) is 34.4 Å². The standard InChI is InChI=1S/C30H14N2O/c33-30-28-20-14-12-16-6-4-8-18-17-7-3-5-15-11-13-19(25(23(15)17)26(20)24(16)18)27(28)29-31-21-9-1-2-10-22(21)32(29)30/h1-14H. The average molecular weight is 418 g/mol. The van der Waals surface area contributed by atoms with Crippen LogP contribution in [0.1, 0.15) is 0 Å². The van der Waals surface area contributed by atoms with E-state index in [0.717, 1.165) is 38.2 Å². The van der Waals surface area contributed by atoms with E-state index in [1.54, 1.807) is 0 Å². The lowest BCUT2D eigenvalue weighted by atomic mass is 9.84. The maximum atomic E-state index is 14.0. The molecule has 9 aromatic rings. The number of nitrogens with zero attached hydrogens (tertiary/aromatic N) is 2. The predicted octanol–water partition coefficient (Wildman–Crippen LogP) is 7.08. The highest BCUT2D eigenvalue weighted by Crippen LogP contribution is 2.48. The van der Waals surface area contributed by atoms with E-state index in [-0.39, 0.29) is 5.56 Å². The quantitative estimate of drug-likeness (QED) is 0.195. The molecule has 0 amide bonds. The van der Waals surface area contributed by atoms with Crippen molar-refractivity contribution in [1.82, 2.24) is 9.38 Å². The van der Waals surface area contributed by atoms with Gasteiger partial charge in [0.15, 0.2) is 0 Å². The molecule has 3 nitrogen and oxygen atoms in total. The Hall–Kier alpha value is -4.50. The molecule has 0 N–H and O–H groups in total. The van der Waals surface area contributed by atoms with E-state index < -0.39 is 0 Å². The van der Waals surface area contributed by atoms with Gasteiger partial charge in [-0.15, -0.1) is 0 Å². The van der Waals surface area contributed by atoms with E-state index in [0.29, 0.717) is 0 Å². The first kappa shape index (κ1) is 16.2. The third kappa shape index (κ3) is 1.64. The van der Waals surface area contributed by atoms with Gasteiger partial charge in [0.1, 0.15) is 5.65 Å². The Kier molecular flexibility index (Phi) is 2.50. The van der Waals surface area contributed by atoms with Gasteiger partial charge in [-0.1, -0.05) is 72.8 Å². The van der Waals surface area contributed by atoms with Crippen LogP contribution in [0.3, 0.4) is 0 Å². The normalized spacial score (nSPS) is 13.0. The summed E-state index contributed by atoms with van der Waals surface area (Å²) in [5.74, 6) is 0. The van der Waals surface area contributed by atoms with Crippen LogP contribution in [-0.4, -0.2) is 9.38 Å². The lowest BCUT2D eigenvalue weighted by Crippen LogP contribution is -2.06. The third-order valence-electron chi connectivity index (χ3n) is 7.62. The maximum Gasteiger partial charge on any atom is 0.265 e. The number of imidazole rings is 1. The van der Waals surface area contributed by atoms with E-state index in [9.17, 15) is 4.79 Å². The van der Waals surface area contributed by atoms with Crippen LogP contribution in [0, 0.1) is 0 Å². The van der Waals surface area contributed by atoms with Gasteiger partial charge in [-0.25, -0.2) is 4.98 Å². The summed E-state index contributed by atoms with van der Waals surface area (Å²) in [6.07, 6.45) is 0. The minimum Gasteiger partial charge on any atom is -0.268 e. The molecule has 0 saturated carbocycles. The number of hydrogen-bond acceptors (Lipinski definition) is 2. The van der Waals surface area contributed by atoms with Gasteiger partial charge in [-0.3, -0.25) is 9.20 Å². The second-order valence-corrected chi connectivity index (χ2v) is 9.10. The molecule has 2 aromatic heterocycles. The minimum absolute atomic E-state index is 0.0198. The summed E-state index contributed by atoms with van der Waals surface area (Å²) in [6.45, 7) is 0. The molecule has 9 rings (SSSR count). The second kappa shape index (κ2) is 5.11. The number of fused-ring (bicyclic) bond motifs is 8. The van der Waals surface area contributed by atoms with Crippen LogP contribution >= 0.6 is 0 Å². The number of benzene rings is 7. The molecular formula is C30H14N2O. The van der Waals surface area contributed by atoms with Crippen molar-refractivity contribution in [3.8, 4) is 0 Å². The smallest absolute Gasteiger partial charge is 0.265 e. The molecule has 0 radical (unpaired) electrons. The fraction of sp³-hybridized carbons (Fsp3) is 0. The highest BCUT2D eigenvalue weighted by atomic mass is 16.1. The van der Waals surface area contributed by atoms with Crippen molar-refractivity contribution >= 4 is 81.3 Å². The largest absolute Gasteiger partial charge is 0.268 e. The van der Waals surface area contributed by atoms with Crippen LogP contribution in [0.15, 0.2) is 89.7 Å². The van der Waals surface area contributed by atoms with Gasteiger partial charge in [-0.05, 0) is 66.0 Å². The van der Waals surface area contributed by atoms with Crippen molar-refractivity contribution in [3.63, 3.8) is 0 Å². The van der Waals surface area contributed by atoms with Crippen LogP contribution in [0.5, 0.6) is 0 Å². The zero-order valence-corrected chi connectivity index (χ0v) is 17.4. The van der Waals surface area contributed by atoms with Crippen molar-refractivity contribution in [3.05, 3.63) is 95.3 Å². The average Bonchev–Trinajstić information content (AvgIpc) is 3.38. The van der Waals surface area contributed by atoms with E-state index in [2.05, 4.69) is 60.7 Å². The SMILES string of the molecule is O=c1c2c3ccc4cccc5c6cccc7ccc(c(c76)c3c45)c2c2nc3ccccc3n12. The summed E-state index contributed by atoms with van der Waals surface area (Å²) in [5.41, 5.74) is 2.50. The Bertz CT molecular complexity index is 2310. The predicted molar refractivity (Wildman–Crippen MR) is 138 cm³/mol. The Morgan fingerprint density at radius 2 is 1.15 bits per heavy atom. The molecule has 7 aromatic carbocycles. The van der Waals surface area contributed by atoms with E-state index in [1.165, 1.54) is 43.1 Å². The summed E-state index contributed by atoms with van der Waals surface area (Å²) in [6, 6.07) is 29.7. The van der Waals surface area contributed by atoms with Crippen molar-refractivity contribution < 1.29 is 0 Å². The van der Waals surface area contributed by atoms with Crippen LogP contribution in [0.2, 0.25) is 0 Å². The lowest BCUT2D eigenvalue weighted by molar-refractivity contribution is 1.21.